The lowest BCUT2D eigenvalue weighted by atomic mass is 10.1. The van der Waals surface area contributed by atoms with E-state index in [-0.39, 0.29) is 0 Å². The summed E-state index contributed by atoms with van der Waals surface area (Å²) in [6.07, 6.45) is 4.30. The predicted molar refractivity (Wildman–Crippen MR) is 129 cm³/mol. The van der Waals surface area contributed by atoms with Crippen LogP contribution in [0.1, 0.15) is 24.0 Å². The van der Waals surface area contributed by atoms with Crippen molar-refractivity contribution in [1.82, 2.24) is 24.7 Å². The van der Waals surface area contributed by atoms with Gasteiger partial charge >= 0.3 is 0 Å². The summed E-state index contributed by atoms with van der Waals surface area (Å²) in [5, 5.41) is 21.5. The first kappa shape index (κ1) is 21.4. The van der Waals surface area contributed by atoms with Gasteiger partial charge in [0.15, 0.2) is 5.60 Å². The van der Waals surface area contributed by atoms with Gasteiger partial charge in [0, 0.05) is 47.6 Å². The molecule has 0 spiro atoms. The van der Waals surface area contributed by atoms with Crippen molar-refractivity contribution in [2.75, 3.05) is 16.8 Å². The van der Waals surface area contributed by atoms with Gasteiger partial charge in [0.05, 0.1) is 0 Å². The zero-order chi connectivity index (χ0) is 22.8. The quantitative estimate of drug-likeness (QED) is 0.423. The SMILES string of the molecule is CC(O)(C#Cc1cc2n(n1)CCCN2c1ccnc(Nc2ccc(Cl)cc2)n1)c1nccs1. The second-order valence-electron chi connectivity index (χ2n) is 7.65. The minimum atomic E-state index is -1.33. The summed E-state index contributed by atoms with van der Waals surface area (Å²) in [6.45, 7) is 3.22. The van der Waals surface area contributed by atoms with Crippen LogP contribution in [-0.2, 0) is 12.1 Å². The summed E-state index contributed by atoms with van der Waals surface area (Å²) in [5.41, 5.74) is 0.111. The fourth-order valence-corrected chi connectivity index (χ4v) is 4.28. The van der Waals surface area contributed by atoms with Crippen LogP contribution in [0.2, 0.25) is 5.02 Å². The van der Waals surface area contributed by atoms with E-state index in [1.54, 1.807) is 19.3 Å². The zero-order valence-corrected chi connectivity index (χ0v) is 19.3. The topological polar surface area (TPSA) is 92.0 Å². The van der Waals surface area contributed by atoms with Crippen LogP contribution in [0.3, 0.4) is 0 Å². The van der Waals surface area contributed by atoms with E-state index in [9.17, 15) is 5.11 Å². The summed E-state index contributed by atoms with van der Waals surface area (Å²) in [6, 6.07) is 11.2. The van der Waals surface area contributed by atoms with Gasteiger partial charge in [-0.2, -0.15) is 10.1 Å². The molecule has 4 heterocycles. The van der Waals surface area contributed by atoms with Crippen LogP contribution in [0.25, 0.3) is 0 Å². The Morgan fingerprint density at radius 3 is 2.79 bits per heavy atom. The molecule has 10 heteroatoms. The molecule has 3 aromatic heterocycles. The van der Waals surface area contributed by atoms with Crippen LogP contribution >= 0.6 is 22.9 Å². The number of nitrogens with zero attached hydrogens (tertiary/aromatic N) is 6. The normalized spacial score (nSPS) is 14.7. The van der Waals surface area contributed by atoms with E-state index >= 15 is 0 Å². The van der Waals surface area contributed by atoms with Gasteiger partial charge < -0.3 is 15.3 Å². The van der Waals surface area contributed by atoms with Crippen LogP contribution in [-0.4, -0.2) is 36.4 Å². The van der Waals surface area contributed by atoms with Crippen molar-refractivity contribution >= 4 is 46.2 Å². The molecule has 0 saturated heterocycles. The molecule has 2 N–H and O–H groups in total. The van der Waals surface area contributed by atoms with Crippen molar-refractivity contribution < 1.29 is 5.11 Å². The highest BCUT2D eigenvalue weighted by molar-refractivity contribution is 7.09. The number of aryl methyl sites for hydroxylation is 1. The second kappa shape index (κ2) is 8.83. The molecule has 0 amide bonds. The highest BCUT2D eigenvalue weighted by Crippen LogP contribution is 2.29. The first-order valence-electron chi connectivity index (χ1n) is 10.3. The van der Waals surface area contributed by atoms with Gasteiger partial charge in [0.25, 0.3) is 0 Å². The van der Waals surface area contributed by atoms with Crippen LogP contribution in [0.15, 0.2) is 54.2 Å². The Labute approximate surface area is 199 Å². The first-order chi connectivity index (χ1) is 16.0. The molecule has 166 valence electrons. The number of hydrogen-bond acceptors (Lipinski definition) is 8. The lowest BCUT2D eigenvalue weighted by Gasteiger charge is -2.28. The van der Waals surface area contributed by atoms with Gasteiger partial charge in [0.1, 0.15) is 22.3 Å². The fraction of sp³-hybridized carbons (Fsp3) is 0.217. The number of aliphatic hydroxyl groups is 1. The Balaban J connectivity index is 1.40. The maximum absolute atomic E-state index is 10.6. The molecule has 1 aromatic carbocycles. The molecule has 0 fully saturated rings. The van der Waals surface area contributed by atoms with Crippen LogP contribution in [0.4, 0.5) is 23.3 Å². The summed E-state index contributed by atoms with van der Waals surface area (Å²) in [7, 11) is 0. The minimum Gasteiger partial charge on any atom is -0.371 e. The number of thiazole rings is 1. The predicted octanol–water partition coefficient (Wildman–Crippen LogP) is 4.33. The monoisotopic (exact) mass is 477 g/mol. The number of anilines is 4. The van der Waals surface area contributed by atoms with Crippen LogP contribution < -0.4 is 10.2 Å². The first-order valence-corrected chi connectivity index (χ1v) is 11.6. The standard InChI is InChI=1S/C23H20ClN7OS/c1-23(32,21-25-11-14-33-21)9-7-18-15-20-30(12-2-13-31(20)29-18)19-8-10-26-22(28-19)27-17-5-3-16(24)4-6-17/h3-6,8,10-11,14-15,32H,2,12-13H2,1H3,(H,26,27,28). The molecule has 33 heavy (non-hydrogen) atoms. The summed E-state index contributed by atoms with van der Waals surface area (Å²) < 4.78 is 1.92. The molecule has 0 bridgehead atoms. The van der Waals surface area contributed by atoms with E-state index in [2.05, 4.69) is 42.1 Å². The van der Waals surface area contributed by atoms with Crippen molar-refractivity contribution in [3.8, 4) is 11.8 Å². The third kappa shape index (κ3) is 4.68. The van der Waals surface area contributed by atoms with Crippen molar-refractivity contribution in [1.29, 1.82) is 0 Å². The van der Waals surface area contributed by atoms with E-state index in [0.29, 0.717) is 21.7 Å². The zero-order valence-electron chi connectivity index (χ0n) is 17.7. The molecule has 0 saturated carbocycles. The maximum atomic E-state index is 10.6. The number of benzene rings is 1. The Kier molecular flexibility index (Phi) is 5.72. The second-order valence-corrected chi connectivity index (χ2v) is 8.98. The molecular weight excluding hydrogens is 458 g/mol. The van der Waals surface area contributed by atoms with Gasteiger partial charge in [-0.1, -0.05) is 17.5 Å². The van der Waals surface area contributed by atoms with Crippen LogP contribution in [0, 0.1) is 11.8 Å². The third-order valence-corrected chi connectivity index (χ3v) is 6.32. The molecule has 1 atom stereocenters. The number of hydrogen-bond donors (Lipinski definition) is 2. The number of halogens is 1. The molecular formula is C23H20ClN7OS. The van der Waals surface area contributed by atoms with E-state index in [1.165, 1.54) is 11.3 Å². The van der Waals surface area contributed by atoms with E-state index < -0.39 is 5.60 Å². The minimum absolute atomic E-state index is 0.492. The number of fused-ring (bicyclic) bond motifs is 1. The van der Waals surface area contributed by atoms with Crippen molar-refractivity contribution in [2.24, 2.45) is 0 Å². The molecule has 1 unspecified atom stereocenters. The van der Waals surface area contributed by atoms with Gasteiger partial charge in [-0.3, -0.25) is 0 Å². The van der Waals surface area contributed by atoms with Crippen molar-refractivity contribution in [3.05, 3.63) is 69.9 Å². The maximum Gasteiger partial charge on any atom is 0.229 e. The Morgan fingerprint density at radius 2 is 2.00 bits per heavy atom. The van der Waals surface area contributed by atoms with E-state index in [4.69, 9.17) is 11.6 Å². The van der Waals surface area contributed by atoms with E-state index in [1.807, 2.05) is 46.5 Å². The number of rotatable bonds is 4. The molecule has 0 aliphatic carbocycles. The summed E-state index contributed by atoms with van der Waals surface area (Å²) >= 11 is 7.33. The molecule has 8 nitrogen and oxygen atoms in total. The molecule has 4 aromatic rings. The fourth-order valence-electron chi connectivity index (χ4n) is 3.50. The van der Waals surface area contributed by atoms with Crippen LogP contribution in [0.5, 0.6) is 0 Å². The Morgan fingerprint density at radius 1 is 1.15 bits per heavy atom. The van der Waals surface area contributed by atoms with Crippen molar-refractivity contribution in [3.63, 3.8) is 0 Å². The molecule has 1 aliphatic heterocycles. The molecule has 5 rings (SSSR count). The summed E-state index contributed by atoms with van der Waals surface area (Å²) in [4.78, 5) is 15.3. The van der Waals surface area contributed by atoms with Crippen molar-refractivity contribution in [2.45, 2.75) is 25.5 Å². The number of aromatic nitrogens is 5. The van der Waals surface area contributed by atoms with Gasteiger partial charge in [-0.05, 0) is 49.6 Å². The average Bonchev–Trinajstić information content (AvgIpc) is 3.50. The average molecular weight is 478 g/mol. The highest BCUT2D eigenvalue weighted by atomic mass is 35.5. The molecule has 1 aliphatic rings. The Hall–Kier alpha value is -3.45. The van der Waals surface area contributed by atoms with Gasteiger partial charge in [0.2, 0.25) is 5.95 Å². The van der Waals surface area contributed by atoms with Gasteiger partial charge in [-0.25, -0.2) is 14.6 Å². The van der Waals surface area contributed by atoms with Gasteiger partial charge in [-0.15, -0.1) is 11.3 Å². The Bertz CT molecular complexity index is 1320. The third-order valence-electron chi connectivity index (χ3n) is 5.09. The molecule has 0 radical (unpaired) electrons. The summed E-state index contributed by atoms with van der Waals surface area (Å²) in [5.74, 6) is 8.05. The highest BCUT2D eigenvalue weighted by Gasteiger charge is 2.24. The lowest BCUT2D eigenvalue weighted by Crippen LogP contribution is -2.28. The van der Waals surface area contributed by atoms with E-state index in [0.717, 1.165) is 36.8 Å². The largest absolute Gasteiger partial charge is 0.371 e. The smallest absolute Gasteiger partial charge is 0.229 e. The number of nitrogens with one attached hydrogen (secondary N) is 1. The lowest BCUT2D eigenvalue weighted by molar-refractivity contribution is 0.122.